The Morgan fingerprint density at radius 3 is 2.80 bits per heavy atom. The second-order valence-corrected chi connectivity index (χ2v) is 4.24. The number of rotatable bonds is 3. The molecule has 0 aliphatic heterocycles. The Morgan fingerprint density at radius 1 is 1.20 bits per heavy atom. The van der Waals surface area contributed by atoms with E-state index >= 15 is 0 Å². The molecular formula is C14H10N2O4. The van der Waals surface area contributed by atoms with E-state index in [0.29, 0.717) is 16.8 Å². The van der Waals surface area contributed by atoms with E-state index in [1.165, 1.54) is 10.6 Å². The minimum Gasteiger partial charge on any atom is -0.477 e. The summed E-state index contributed by atoms with van der Waals surface area (Å²) >= 11 is 0. The Hall–Kier alpha value is -2.89. The van der Waals surface area contributed by atoms with Crippen LogP contribution >= 0.6 is 0 Å². The lowest BCUT2D eigenvalue weighted by atomic mass is 10.3. The minimum atomic E-state index is -1.10. The third-order valence-electron chi connectivity index (χ3n) is 2.92. The molecular weight excluding hydrogens is 260 g/mol. The third kappa shape index (κ3) is 2.07. The van der Waals surface area contributed by atoms with Crippen molar-refractivity contribution in [2.45, 2.75) is 6.54 Å². The van der Waals surface area contributed by atoms with Gasteiger partial charge >= 0.3 is 11.7 Å². The highest BCUT2D eigenvalue weighted by Gasteiger charge is 2.11. The van der Waals surface area contributed by atoms with Gasteiger partial charge in [0.2, 0.25) is 0 Å². The van der Waals surface area contributed by atoms with Crippen LogP contribution in [0.5, 0.6) is 0 Å². The number of hydrogen-bond acceptors (Lipinski definition) is 4. The standard InChI is InChI=1S/C14H10N2O4/c17-13(18)10-5-3-4-9(15-10)8-16-11-6-1-2-7-12(11)20-14(16)19/h1-7H,8H2,(H,17,18). The molecule has 0 atom stereocenters. The molecule has 0 spiro atoms. The quantitative estimate of drug-likeness (QED) is 0.783. The zero-order valence-electron chi connectivity index (χ0n) is 10.3. The topological polar surface area (TPSA) is 85.3 Å². The number of aromatic carboxylic acids is 1. The number of hydrogen-bond donors (Lipinski definition) is 1. The second-order valence-electron chi connectivity index (χ2n) is 4.24. The summed E-state index contributed by atoms with van der Waals surface area (Å²) in [6.07, 6.45) is 0. The van der Waals surface area contributed by atoms with Crippen LogP contribution < -0.4 is 5.76 Å². The van der Waals surface area contributed by atoms with Crippen molar-refractivity contribution >= 4 is 17.1 Å². The zero-order chi connectivity index (χ0) is 14.1. The van der Waals surface area contributed by atoms with E-state index in [9.17, 15) is 9.59 Å². The predicted octanol–water partition coefficient (Wildman–Crippen LogP) is 1.74. The molecule has 2 aromatic heterocycles. The fraction of sp³-hybridized carbons (Fsp3) is 0.0714. The molecule has 100 valence electrons. The molecule has 6 nitrogen and oxygen atoms in total. The van der Waals surface area contributed by atoms with Crippen molar-refractivity contribution in [2.24, 2.45) is 0 Å². The summed E-state index contributed by atoms with van der Waals surface area (Å²) in [5, 5.41) is 8.91. The Labute approximate surface area is 112 Å². The maximum Gasteiger partial charge on any atom is 0.420 e. The van der Waals surface area contributed by atoms with Crippen molar-refractivity contribution in [1.82, 2.24) is 9.55 Å². The molecule has 0 aliphatic carbocycles. The van der Waals surface area contributed by atoms with Crippen LogP contribution in [-0.4, -0.2) is 20.6 Å². The molecule has 0 bridgehead atoms. The number of benzene rings is 1. The number of carbonyl (C=O) groups is 1. The van der Waals surface area contributed by atoms with Crippen molar-refractivity contribution < 1.29 is 14.3 Å². The highest BCUT2D eigenvalue weighted by atomic mass is 16.4. The fourth-order valence-corrected chi connectivity index (χ4v) is 2.01. The molecule has 20 heavy (non-hydrogen) atoms. The van der Waals surface area contributed by atoms with Crippen LogP contribution in [0.3, 0.4) is 0 Å². The van der Waals surface area contributed by atoms with E-state index in [0.717, 1.165) is 0 Å². The van der Waals surface area contributed by atoms with Crippen molar-refractivity contribution in [3.05, 3.63) is 64.4 Å². The molecule has 0 unspecified atom stereocenters. The normalized spacial score (nSPS) is 10.8. The minimum absolute atomic E-state index is 0.0525. The molecule has 0 fully saturated rings. The Balaban J connectivity index is 2.05. The first-order valence-corrected chi connectivity index (χ1v) is 5.93. The van der Waals surface area contributed by atoms with Crippen molar-refractivity contribution in [1.29, 1.82) is 0 Å². The summed E-state index contributed by atoms with van der Waals surface area (Å²) in [4.78, 5) is 26.7. The average Bonchev–Trinajstić information content (AvgIpc) is 2.76. The van der Waals surface area contributed by atoms with E-state index < -0.39 is 11.7 Å². The predicted molar refractivity (Wildman–Crippen MR) is 70.8 cm³/mol. The van der Waals surface area contributed by atoms with Crippen molar-refractivity contribution in [3.63, 3.8) is 0 Å². The summed E-state index contributed by atoms with van der Waals surface area (Å²) < 4.78 is 6.53. The maximum absolute atomic E-state index is 11.8. The van der Waals surface area contributed by atoms with Gasteiger partial charge in [-0.1, -0.05) is 18.2 Å². The smallest absolute Gasteiger partial charge is 0.420 e. The van der Waals surface area contributed by atoms with Crippen LogP contribution in [0.25, 0.3) is 11.1 Å². The molecule has 3 rings (SSSR count). The molecule has 0 amide bonds. The van der Waals surface area contributed by atoms with Gasteiger partial charge in [0.25, 0.3) is 0 Å². The van der Waals surface area contributed by atoms with Gasteiger partial charge in [0.1, 0.15) is 5.69 Å². The van der Waals surface area contributed by atoms with E-state index in [1.807, 2.05) is 0 Å². The Bertz CT molecular complexity index is 848. The molecule has 2 heterocycles. The number of carboxylic acids is 1. The number of aromatic nitrogens is 2. The average molecular weight is 270 g/mol. The van der Waals surface area contributed by atoms with E-state index in [2.05, 4.69) is 4.98 Å². The summed E-state index contributed by atoms with van der Waals surface area (Å²) in [5.41, 5.74) is 1.58. The summed E-state index contributed by atoms with van der Waals surface area (Å²) in [5.74, 6) is -1.59. The first-order valence-electron chi connectivity index (χ1n) is 5.93. The van der Waals surface area contributed by atoms with Gasteiger partial charge in [0, 0.05) is 0 Å². The molecule has 0 aliphatic rings. The third-order valence-corrected chi connectivity index (χ3v) is 2.92. The molecule has 0 saturated heterocycles. The van der Waals surface area contributed by atoms with Crippen LogP contribution in [0.15, 0.2) is 51.7 Å². The summed E-state index contributed by atoms with van der Waals surface area (Å²) in [6.45, 7) is 0.164. The Kier molecular flexibility index (Phi) is 2.83. The lowest BCUT2D eigenvalue weighted by Gasteiger charge is -2.03. The van der Waals surface area contributed by atoms with E-state index in [-0.39, 0.29) is 12.2 Å². The van der Waals surface area contributed by atoms with Crippen molar-refractivity contribution in [3.8, 4) is 0 Å². The second kappa shape index (κ2) is 4.65. The number of nitrogens with zero attached hydrogens (tertiary/aromatic N) is 2. The lowest BCUT2D eigenvalue weighted by Crippen LogP contribution is -2.16. The lowest BCUT2D eigenvalue weighted by molar-refractivity contribution is 0.0690. The zero-order valence-corrected chi connectivity index (χ0v) is 10.3. The van der Waals surface area contributed by atoms with Gasteiger partial charge in [-0.2, -0.15) is 0 Å². The molecule has 6 heteroatoms. The number of oxazole rings is 1. The van der Waals surface area contributed by atoms with Crippen LogP contribution in [0, 0.1) is 0 Å². The summed E-state index contributed by atoms with van der Waals surface area (Å²) in [7, 11) is 0. The highest BCUT2D eigenvalue weighted by molar-refractivity contribution is 5.85. The number of fused-ring (bicyclic) bond motifs is 1. The largest absolute Gasteiger partial charge is 0.477 e. The highest BCUT2D eigenvalue weighted by Crippen LogP contribution is 2.13. The molecule has 1 aromatic carbocycles. The molecule has 0 radical (unpaired) electrons. The number of pyridine rings is 1. The number of carboxylic acid groups (broad SMARTS) is 1. The van der Waals surface area contributed by atoms with Gasteiger partial charge in [0.05, 0.1) is 17.8 Å². The van der Waals surface area contributed by atoms with Crippen molar-refractivity contribution in [2.75, 3.05) is 0 Å². The SMILES string of the molecule is O=C(O)c1cccc(Cn2c(=O)oc3ccccc32)n1. The van der Waals surface area contributed by atoms with Gasteiger partial charge in [-0.3, -0.25) is 4.57 Å². The first-order chi connectivity index (χ1) is 9.65. The monoisotopic (exact) mass is 270 g/mol. The van der Waals surface area contributed by atoms with Crippen LogP contribution in [0.4, 0.5) is 0 Å². The van der Waals surface area contributed by atoms with Gasteiger partial charge in [-0.25, -0.2) is 14.6 Å². The van der Waals surface area contributed by atoms with Crippen LogP contribution in [0.2, 0.25) is 0 Å². The molecule has 0 saturated carbocycles. The molecule has 1 N–H and O–H groups in total. The Morgan fingerprint density at radius 2 is 2.00 bits per heavy atom. The van der Waals surface area contributed by atoms with Crippen LogP contribution in [-0.2, 0) is 6.54 Å². The molecule has 3 aromatic rings. The van der Waals surface area contributed by atoms with Gasteiger partial charge < -0.3 is 9.52 Å². The van der Waals surface area contributed by atoms with Gasteiger partial charge in [-0.05, 0) is 24.3 Å². The number of para-hydroxylation sites is 2. The van der Waals surface area contributed by atoms with E-state index in [1.54, 1.807) is 36.4 Å². The fourth-order valence-electron chi connectivity index (χ4n) is 2.01. The van der Waals surface area contributed by atoms with Gasteiger partial charge in [-0.15, -0.1) is 0 Å². The maximum atomic E-state index is 11.8. The summed E-state index contributed by atoms with van der Waals surface area (Å²) in [6, 6.07) is 11.7. The van der Waals surface area contributed by atoms with E-state index in [4.69, 9.17) is 9.52 Å². The van der Waals surface area contributed by atoms with Crippen LogP contribution in [0.1, 0.15) is 16.2 Å². The first kappa shape index (κ1) is 12.2. The van der Waals surface area contributed by atoms with Gasteiger partial charge in [0.15, 0.2) is 5.58 Å².